The fraction of sp³-hybridized carbons (Fsp3) is 0.389. The summed E-state index contributed by atoms with van der Waals surface area (Å²) < 4.78 is 28.0. The Labute approximate surface area is 153 Å². The van der Waals surface area contributed by atoms with Gasteiger partial charge >= 0.3 is 0 Å². The molecule has 0 bridgehead atoms. The van der Waals surface area contributed by atoms with Crippen molar-refractivity contribution in [2.24, 2.45) is 0 Å². The number of rotatable bonds is 4. The molecule has 4 heterocycles. The topological polar surface area (TPSA) is 85.6 Å². The van der Waals surface area contributed by atoms with Crippen LogP contribution in [0.3, 0.4) is 0 Å². The van der Waals surface area contributed by atoms with E-state index >= 15 is 0 Å². The minimum atomic E-state index is -2.77. The van der Waals surface area contributed by atoms with Crippen molar-refractivity contribution in [3.8, 4) is 0 Å². The van der Waals surface area contributed by atoms with Crippen LogP contribution < -0.4 is 10.9 Å². The lowest BCUT2D eigenvalue weighted by Gasteiger charge is -2.23. The predicted molar refractivity (Wildman–Crippen MR) is 94.7 cm³/mol. The minimum Gasteiger partial charge on any atom is -0.317 e. The van der Waals surface area contributed by atoms with Crippen LogP contribution in [0.2, 0.25) is 0 Å². The summed E-state index contributed by atoms with van der Waals surface area (Å²) in [6.45, 7) is 1.55. The van der Waals surface area contributed by atoms with E-state index in [-0.39, 0.29) is 23.7 Å². The molecule has 7 nitrogen and oxygen atoms in total. The van der Waals surface area contributed by atoms with E-state index in [0.29, 0.717) is 16.7 Å². The van der Waals surface area contributed by atoms with E-state index in [1.807, 2.05) is 0 Å². The molecule has 4 rings (SSSR count). The van der Waals surface area contributed by atoms with Crippen LogP contribution >= 0.6 is 0 Å². The molecule has 0 amide bonds. The largest absolute Gasteiger partial charge is 0.317 e. The van der Waals surface area contributed by atoms with Gasteiger partial charge in [-0.1, -0.05) is 0 Å². The van der Waals surface area contributed by atoms with Crippen molar-refractivity contribution in [3.63, 3.8) is 0 Å². The smallest absolute Gasteiger partial charge is 0.282 e. The van der Waals surface area contributed by atoms with E-state index in [4.69, 9.17) is 0 Å². The Kier molecular flexibility index (Phi) is 4.85. The summed E-state index contributed by atoms with van der Waals surface area (Å²) in [6.07, 6.45) is 4.51. The zero-order chi connectivity index (χ0) is 18.8. The van der Waals surface area contributed by atoms with Crippen LogP contribution in [0.4, 0.5) is 8.78 Å². The molecule has 1 aliphatic heterocycles. The van der Waals surface area contributed by atoms with Crippen LogP contribution in [0.25, 0.3) is 11.2 Å². The number of aromatic nitrogens is 5. The molecular weight excluding hydrogens is 354 g/mol. The molecule has 9 heteroatoms. The fourth-order valence-electron chi connectivity index (χ4n) is 3.52. The average molecular weight is 372 g/mol. The highest BCUT2D eigenvalue weighted by Crippen LogP contribution is 2.25. The van der Waals surface area contributed by atoms with E-state index in [1.165, 1.54) is 23.2 Å². The second-order valence-electron chi connectivity index (χ2n) is 6.47. The summed E-state index contributed by atoms with van der Waals surface area (Å²) in [4.78, 5) is 29.5. The van der Waals surface area contributed by atoms with Gasteiger partial charge in [-0.25, -0.2) is 13.8 Å². The zero-order valence-electron chi connectivity index (χ0n) is 14.5. The highest BCUT2D eigenvalue weighted by atomic mass is 19.3. The minimum absolute atomic E-state index is 0.0593. The number of hydrogen-bond acceptors (Lipinski definition) is 6. The van der Waals surface area contributed by atoms with E-state index in [9.17, 15) is 13.6 Å². The molecule has 1 aliphatic rings. The van der Waals surface area contributed by atoms with Crippen molar-refractivity contribution >= 4 is 11.2 Å². The summed E-state index contributed by atoms with van der Waals surface area (Å²) in [5.74, 6) is 0.104. The van der Waals surface area contributed by atoms with E-state index < -0.39 is 12.1 Å². The molecule has 0 aliphatic carbocycles. The number of nitrogens with zero attached hydrogens (tertiary/aromatic N) is 5. The SMILES string of the molecule is O=c1c(C2CCNCC2)cc2nccnc2n1Cc1nccnc1C(F)F. The fourth-order valence-corrected chi connectivity index (χ4v) is 3.52. The van der Waals surface area contributed by atoms with Gasteiger partial charge in [0.05, 0.1) is 12.2 Å². The molecular formula is C18H18F2N6O. The highest BCUT2D eigenvalue weighted by Gasteiger charge is 2.23. The Morgan fingerprint density at radius 2 is 1.78 bits per heavy atom. The maximum absolute atomic E-state index is 13.3. The number of fused-ring (bicyclic) bond motifs is 1. The Morgan fingerprint density at radius 3 is 2.56 bits per heavy atom. The van der Waals surface area contributed by atoms with Crippen molar-refractivity contribution < 1.29 is 8.78 Å². The van der Waals surface area contributed by atoms with Crippen LogP contribution in [0.15, 0.2) is 35.6 Å². The molecule has 0 saturated carbocycles. The standard InChI is InChI=1S/C18H18F2N6O/c19-16(20)15-14(23-5-7-24-15)10-26-17-13(22-6-8-25-17)9-12(18(26)27)11-1-3-21-4-2-11/h5-9,11,16,21H,1-4,10H2. The van der Waals surface area contributed by atoms with Crippen molar-refractivity contribution in [2.45, 2.75) is 31.7 Å². The summed E-state index contributed by atoms with van der Waals surface area (Å²) >= 11 is 0. The van der Waals surface area contributed by atoms with Gasteiger partial charge in [-0.15, -0.1) is 0 Å². The quantitative estimate of drug-likeness (QED) is 0.754. The van der Waals surface area contributed by atoms with Gasteiger partial charge in [0.1, 0.15) is 11.2 Å². The monoisotopic (exact) mass is 372 g/mol. The summed E-state index contributed by atoms with van der Waals surface area (Å²) in [7, 11) is 0. The molecule has 0 atom stereocenters. The molecule has 1 saturated heterocycles. The molecule has 0 radical (unpaired) electrons. The van der Waals surface area contributed by atoms with Crippen LogP contribution in [-0.2, 0) is 6.54 Å². The Bertz CT molecular complexity index is 1020. The molecule has 1 fully saturated rings. The third-order valence-corrected chi connectivity index (χ3v) is 4.85. The first-order valence-electron chi connectivity index (χ1n) is 8.78. The number of alkyl halides is 2. The second-order valence-corrected chi connectivity index (χ2v) is 6.47. The Balaban J connectivity index is 1.86. The molecule has 3 aromatic heterocycles. The normalized spacial score (nSPS) is 15.5. The third-order valence-electron chi connectivity index (χ3n) is 4.85. The van der Waals surface area contributed by atoms with E-state index in [0.717, 1.165) is 25.9 Å². The van der Waals surface area contributed by atoms with Gasteiger partial charge in [0, 0.05) is 30.4 Å². The van der Waals surface area contributed by atoms with Gasteiger partial charge in [0.15, 0.2) is 5.65 Å². The van der Waals surface area contributed by atoms with Crippen LogP contribution in [0.5, 0.6) is 0 Å². The molecule has 0 aromatic carbocycles. The van der Waals surface area contributed by atoms with Crippen molar-refractivity contribution in [2.75, 3.05) is 13.1 Å². The van der Waals surface area contributed by atoms with Crippen molar-refractivity contribution in [1.29, 1.82) is 0 Å². The van der Waals surface area contributed by atoms with Gasteiger partial charge in [0.25, 0.3) is 12.0 Å². The number of nitrogens with one attached hydrogen (secondary N) is 1. The van der Waals surface area contributed by atoms with E-state index in [1.54, 1.807) is 12.3 Å². The number of halogens is 2. The average Bonchev–Trinajstić information content (AvgIpc) is 2.71. The third kappa shape index (κ3) is 3.42. The van der Waals surface area contributed by atoms with Gasteiger partial charge in [-0.05, 0) is 37.9 Å². The first-order valence-corrected chi connectivity index (χ1v) is 8.78. The molecule has 0 unspecified atom stereocenters. The van der Waals surface area contributed by atoms with Crippen LogP contribution in [0, 0.1) is 0 Å². The number of hydrogen-bond donors (Lipinski definition) is 1. The van der Waals surface area contributed by atoms with Gasteiger partial charge in [-0.3, -0.25) is 24.3 Å². The molecule has 3 aromatic rings. The first kappa shape index (κ1) is 17.6. The highest BCUT2D eigenvalue weighted by molar-refractivity contribution is 5.70. The van der Waals surface area contributed by atoms with Crippen LogP contribution in [-0.4, -0.2) is 37.6 Å². The van der Waals surface area contributed by atoms with Crippen molar-refractivity contribution in [3.05, 3.63) is 58.2 Å². The summed E-state index contributed by atoms with van der Waals surface area (Å²) in [6, 6.07) is 1.78. The Morgan fingerprint density at radius 1 is 1.07 bits per heavy atom. The predicted octanol–water partition coefficient (Wildman–Crippen LogP) is 2.03. The maximum atomic E-state index is 13.3. The number of pyridine rings is 1. The first-order chi connectivity index (χ1) is 13.1. The van der Waals surface area contributed by atoms with Crippen LogP contribution in [0.1, 0.15) is 42.1 Å². The van der Waals surface area contributed by atoms with Gasteiger partial charge in [0.2, 0.25) is 0 Å². The van der Waals surface area contributed by atoms with Gasteiger partial charge in [-0.2, -0.15) is 0 Å². The second kappa shape index (κ2) is 7.43. The Hall–Kier alpha value is -2.81. The zero-order valence-corrected chi connectivity index (χ0v) is 14.5. The molecule has 140 valence electrons. The lowest BCUT2D eigenvalue weighted by Crippen LogP contribution is -2.32. The van der Waals surface area contributed by atoms with Crippen molar-refractivity contribution in [1.82, 2.24) is 29.8 Å². The maximum Gasteiger partial charge on any atom is 0.282 e. The lowest BCUT2D eigenvalue weighted by molar-refractivity contribution is 0.144. The molecule has 1 N–H and O–H groups in total. The molecule has 27 heavy (non-hydrogen) atoms. The lowest BCUT2D eigenvalue weighted by atomic mass is 9.91. The molecule has 0 spiro atoms. The summed E-state index contributed by atoms with van der Waals surface area (Å²) in [5, 5.41) is 3.28. The van der Waals surface area contributed by atoms with Gasteiger partial charge < -0.3 is 5.32 Å². The van der Waals surface area contributed by atoms with E-state index in [2.05, 4.69) is 25.3 Å². The number of piperidine rings is 1. The summed E-state index contributed by atoms with van der Waals surface area (Å²) in [5.41, 5.74) is 0.963.